The van der Waals surface area contributed by atoms with Gasteiger partial charge in [-0.1, -0.05) is 15.9 Å². The van der Waals surface area contributed by atoms with Crippen molar-refractivity contribution in [1.29, 1.82) is 5.26 Å². The molecule has 0 aliphatic carbocycles. The Morgan fingerprint density at radius 3 is 2.82 bits per heavy atom. The molecule has 0 N–H and O–H groups in total. The second-order valence-electron chi connectivity index (χ2n) is 2.05. The van der Waals surface area contributed by atoms with Crippen LogP contribution in [-0.2, 0) is 5.33 Å². The van der Waals surface area contributed by atoms with Gasteiger partial charge in [-0.15, -0.1) is 0 Å². The molecule has 0 saturated heterocycles. The van der Waals surface area contributed by atoms with Crippen LogP contribution in [0.25, 0.3) is 0 Å². The summed E-state index contributed by atoms with van der Waals surface area (Å²) in [6, 6.07) is 6.09. The topological polar surface area (TPSA) is 23.8 Å². The zero-order valence-electron chi connectivity index (χ0n) is 5.64. The smallest absolute Gasteiger partial charge is 0.123 e. The Morgan fingerprint density at radius 2 is 2.27 bits per heavy atom. The predicted octanol–water partition coefficient (Wildman–Crippen LogP) is 2.59. The van der Waals surface area contributed by atoms with Crippen LogP contribution in [0.4, 0.5) is 4.39 Å². The molecule has 1 aromatic rings. The molecular formula is C8H5BrFN. The minimum Gasteiger partial charge on any atom is -0.207 e. The third-order valence-corrected chi connectivity index (χ3v) is 1.94. The molecule has 0 radical (unpaired) electrons. The van der Waals surface area contributed by atoms with Crippen molar-refractivity contribution in [2.75, 3.05) is 0 Å². The lowest BCUT2D eigenvalue weighted by Crippen LogP contribution is -1.86. The third kappa shape index (κ3) is 1.78. The van der Waals surface area contributed by atoms with Crippen LogP contribution < -0.4 is 0 Å². The van der Waals surface area contributed by atoms with Crippen LogP contribution in [0.2, 0.25) is 0 Å². The minimum absolute atomic E-state index is 0.307. The highest BCUT2D eigenvalue weighted by molar-refractivity contribution is 9.08. The molecule has 0 aliphatic heterocycles. The van der Waals surface area contributed by atoms with Gasteiger partial charge in [0.2, 0.25) is 0 Å². The van der Waals surface area contributed by atoms with Crippen LogP contribution in [0.15, 0.2) is 18.2 Å². The van der Waals surface area contributed by atoms with Crippen molar-refractivity contribution in [2.45, 2.75) is 5.33 Å². The fourth-order valence-electron chi connectivity index (χ4n) is 0.782. The van der Waals surface area contributed by atoms with Gasteiger partial charge >= 0.3 is 0 Å². The van der Waals surface area contributed by atoms with Gasteiger partial charge in [-0.2, -0.15) is 5.26 Å². The number of nitriles is 1. The summed E-state index contributed by atoms with van der Waals surface area (Å²) < 4.78 is 12.5. The molecule has 0 aliphatic rings. The molecule has 11 heavy (non-hydrogen) atoms. The van der Waals surface area contributed by atoms with E-state index in [1.54, 1.807) is 0 Å². The SMILES string of the molecule is N#Cc1ccc(F)cc1CBr. The Bertz CT molecular complexity index is 303. The molecule has 0 saturated carbocycles. The van der Waals surface area contributed by atoms with Crippen molar-refractivity contribution in [3.8, 4) is 6.07 Å². The molecule has 0 bridgehead atoms. The molecule has 0 heterocycles. The minimum atomic E-state index is -0.307. The van der Waals surface area contributed by atoms with Gasteiger partial charge in [0.15, 0.2) is 0 Å². The Morgan fingerprint density at radius 1 is 1.55 bits per heavy atom. The highest BCUT2D eigenvalue weighted by atomic mass is 79.9. The maximum Gasteiger partial charge on any atom is 0.123 e. The van der Waals surface area contributed by atoms with Crippen LogP contribution in [0.5, 0.6) is 0 Å². The summed E-state index contributed by atoms with van der Waals surface area (Å²) in [5.74, 6) is -0.307. The van der Waals surface area contributed by atoms with Gasteiger partial charge in [-0.3, -0.25) is 0 Å². The molecule has 0 atom stereocenters. The summed E-state index contributed by atoms with van der Waals surface area (Å²) >= 11 is 3.17. The normalized spacial score (nSPS) is 9.18. The number of benzene rings is 1. The van der Waals surface area contributed by atoms with Crippen LogP contribution in [0.1, 0.15) is 11.1 Å². The van der Waals surface area contributed by atoms with E-state index < -0.39 is 0 Å². The quantitative estimate of drug-likeness (QED) is 0.659. The van der Waals surface area contributed by atoms with Crippen LogP contribution in [-0.4, -0.2) is 0 Å². The van der Waals surface area contributed by atoms with E-state index in [1.165, 1.54) is 18.2 Å². The molecule has 1 aromatic carbocycles. The Hall–Kier alpha value is -0.880. The Labute approximate surface area is 72.6 Å². The van der Waals surface area contributed by atoms with E-state index in [0.29, 0.717) is 16.5 Å². The summed E-state index contributed by atoms with van der Waals surface area (Å²) in [5, 5.41) is 9.05. The van der Waals surface area contributed by atoms with Crippen molar-refractivity contribution in [3.05, 3.63) is 35.1 Å². The zero-order valence-corrected chi connectivity index (χ0v) is 7.23. The van der Waals surface area contributed by atoms with E-state index in [2.05, 4.69) is 15.9 Å². The van der Waals surface area contributed by atoms with Crippen molar-refractivity contribution in [3.63, 3.8) is 0 Å². The van der Waals surface area contributed by atoms with E-state index in [-0.39, 0.29) is 5.82 Å². The van der Waals surface area contributed by atoms with E-state index in [9.17, 15) is 4.39 Å². The second kappa shape index (κ2) is 3.49. The van der Waals surface area contributed by atoms with Crippen molar-refractivity contribution in [2.24, 2.45) is 0 Å². The average molecular weight is 214 g/mol. The largest absolute Gasteiger partial charge is 0.207 e. The maximum absolute atomic E-state index is 12.5. The number of hydrogen-bond donors (Lipinski definition) is 0. The van der Waals surface area contributed by atoms with Gasteiger partial charge in [-0.25, -0.2) is 4.39 Å². The van der Waals surface area contributed by atoms with Crippen molar-refractivity contribution < 1.29 is 4.39 Å². The maximum atomic E-state index is 12.5. The monoisotopic (exact) mass is 213 g/mol. The number of rotatable bonds is 1. The lowest BCUT2D eigenvalue weighted by Gasteiger charge is -1.97. The lowest BCUT2D eigenvalue weighted by molar-refractivity contribution is 0.626. The number of nitrogens with zero attached hydrogens (tertiary/aromatic N) is 1. The van der Waals surface area contributed by atoms with E-state index >= 15 is 0 Å². The first-order valence-electron chi connectivity index (χ1n) is 3.02. The molecule has 0 unspecified atom stereocenters. The summed E-state index contributed by atoms with van der Waals surface area (Å²) in [6.45, 7) is 0. The van der Waals surface area contributed by atoms with Crippen LogP contribution in [0.3, 0.4) is 0 Å². The molecule has 0 fully saturated rings. The molecular weight excluding hydrogens is 209 g/mol. The van der Waals surface area contributed by atoms with Crippen LogP contribution in [0, 0.1) is 17.1 Å². The third-order valence-electron chi connectivity index (χ3n) is 1.33. The van der Waals surface area contributed by atoms with Gasteiger partial charge in [0.05, 0.1) is 11.6 Å². The van der Waals surface area contributed by atoms with Crippen LogP contribution >= 0.6 is 15.9 Å². The van der Waals surface area contributed by atoms with Gasteiger partial charge in [0, 0.05) is 5.33 Å². The molecule has 0 aromatic heterocycles. The van der Waals surface area contributed by atoms with E-state index in [1.807, 2.05) is 6.07 Å². The standard InChI is InChI=1S/C8H5BrFN/c9-4-7-3-8(10)2-1-6(7)5-11/h1-3H,4H2. The summed E-state index contributed by atoms with van der Waals surface area (Å²) in [7, 11) is 0. The first-order chi connectivity index (χ1) is 5.27. The zero-order chi connectivity index (χ0) is 8.27. The fraction of sp³-hybridized carbons (Fsp3) is 0.125. The molecule has 0 spiro atoms. The van der Waals surface area contributed by atoms with Gasteiger partial charge in [0.1, 0.15) is 5.82 Å². The molecule has 1 rings (SSSR count). The van der Waals surface area contributed by atoms with Gasteiger partial charge in [-0.05, 0) is 23.8 Å². The first kappa shape index (κ1) is 8.22. The first-order valence-corrected chi connectivity index (χ1v) is 4.14. The van der Waals surface area contributed by atoms with Crippen molar-refractivity contribution in [1.82, 2.24) is 0 Å². The molecule has 1 nitrogen and oxygen atoms in total. The summed E-state index contributed by atoms with van der Waals surface area (Å²) in [6.07, 6.45) is 0. The Kier molecular flexibility index (Phi) is 2.61. The number of alkyl halides is 1. The summed E-state index contributed by atoms with van der Waals surface area (Å²) in [4.78, 5) is 0. The Balaban J connectivity index is 3.19. The van der Waals surface area contributed by atoms with Gasteiger partial charge < -0.3 is 0 Å². The highest BCUT2D eigenvalue weighted by Crippen LogP contribution is 2.13. The fourth-order valence-corrected chi connectivity index (χ4v) is 1.25. The second-order valence-corrected chi connectivity index (χ2v) is 2.61. The highest BCUT2D eigenvalue weighted by Gasteiger charge is 2.00. The number of halogens is 2. The molecule has 3 heteroatoms. The number of hydrogen-bond acceptors (Lipinski definition) is 1. The summed E-state index contributed by atoms with van der Waals surface area (Å²) in [5.41, 5.74) is 1.20. The predicted molar refractivity (Wildman–Crippen MR) is 43.7 cm³/mol. The van der Waals surface area contributed by atoms with E-state index in [4.69, 9.17) is 5.26 Å². The van der Waals surface area contributed by atoms with E-state index in [0.717, 1.165) is 0 Å². The van der Waals surface area contributed by atoms with Gasteiger partial charge in [0.25, 0.3) is 0 Å². The average Bonchev–Trinajstić information content (AvgIpc) is 2.04. The molecule has 0 amide bonds. The lowest BCUT2D eigenvalue weighted by atomic mass is 10.1. The molecule has 56 valence electrons. The van der Waals surface area contributed by atoms with Crippen molar-refractivity contribution >= 4 is 15.9 Å².